The van der Waals surface area contributed by atoms with Crippen molar-refractivity contribution in [1.29, 1.82) is 0 Å². The van der Waals surface area contributed by atoms with Crippen LogP contribution in [0.25, 0.3) is 0 Å². The molecule has 1 N–H and O–H groups in total. The first-order valence-electron chi connectivity index (χ1n) is 6.66. The Labute approximate surface area is 128 Å². The quantitative estimate of drug-likeness (QED) is 0.561. The number of ether oxygens (including phenoxy) is 1. The predicted molar refractivity (Wildman–Crippen MR) is 81.6 cm³/mol. The van der Waals surface area contributed by atoms with Crippen LogP contribution in [0.15, 0.2) is 12.1 Å². The van der Waals surface area contributed by atoms with Crippen LogP contribution in [0.3, 0.4) is 0 Å². The minimum Gasteiger partial charge on any atom is -0.379 e. The summed E-state index contributed by atoms with van der Waals surface area (Å²) in [5, 5.41) is 2.77. The van der Waals surface area contributed by atoms with Crippen molar-refractivity contribution < 1.29 is 14.3 Å². The molecule has 0 saturated heterocycles. The molecule has 1 aromatic rings. The van der Waals surface area contributed by atoms with E-state index in [4.69, 9.17) is 16.3 Å². The molecule has 1 heterocycles. The fourth-order valence-corrected chi connectivity index (χ4v) is 2.53. The van der Waals surface area contributed by atoms with Crippen LogP contribution in [0.1, 0.15) is 42.8 Å². The molecule has 4 nitrogen and oxygen atoms in total. The molecule has 0 spiro atoms. The molecule has 1 rings (SSSR count). The molecule has 0 bridgehead atoms. The van der Waals surface area contributed by atoms with Gasteiger partial charge in [-0.05, 0) is 32.4 Å². The third-order valence-corrected chi connectivity index (χ3v) is 3.79. The molecule has 1 amide bonds. The lowest BCUT2D eigenvalue weighted by atomic mass is 10.2. The molecule has 0 aromatic carbocycles. The van der Waals surface area contributed by atoms with E-state index in [0.29, 0.717) is 22.4 Å². The number of amides is 1. The monoisotopic (exact) mass is 317 g/mol. The molecular weight excluding hydrogens is 298 g/mol. The largest absolute Gasteiger partial charge is 0.379 e. The maximum Gasteiger partial charge on any atom is 0.220 e. The summed E-state index contributed by atoms with van der Waals surface area (Å²) >= 11 is 7.01. The lowest BCUT2D eigenvalue weighted by molar-refractivity contribution is -0.121. The Morgan fingerprint density at radius 3 is 2.70 bits per heavy atom. The normalized spacial score (nSPS) is 10.8. The van der Waals surface area contributed by atoms with Crippen molar-refractivity contribution in [3.05, 3.63) is 21.3 Å². The molecular formula is C14H20ClNO3S. The van der Waals surface area contributed by atoms with Crippen molar-refractivity contribution in [2.75, 3.05) is 13.2 Å². The van der Waals surface area contributed by atoms with Gasteiger partial charge < -0.3 is 10.1 Å². The first kappa shape index (κ1) is 17.1. The second kappa shape index (κ2) is 9.10. The first-order chi connectivity index (χ1) is 9.49. The molecule has 0 fully saturated rings. The molecule has 0 aliphatic carbocycles. The van der Waals surface area contributed by atoms with Crippen LogP contribution < -0.4 is 5.32 Å². The van der Waals surface area contributed by atoms with Gasteiger partial charge in [0, 0.05) is 26.0 Å². The summed E-state index contributed by atoms with van der Waals surface area (Å²) in [6.45, 7) is 5.15. The Morgan fingerprint density at radius 2 is 2.10 bits per heavy atom. The molecule has 0 aliphatic heterocycles. The number of Topliss-reactive ketones (excluding diaryl/α,β-unsaturated/α-hetero) is 1. The number of hydrogen-bond donors (Lipinski definition) is 1. The molecule has 0 radical (unpaired) electrons. The zero-order valence-corrected chi connectivity index (χ0v) is 13.4. The van der Waals surface area contributed by atoms with E-state index in [1.165, 1.54) is 11.3 Å². The summed E-state index contributed by atoms with van der Waals surface area (Å²) in [5.74, 6) is -0.147. The third-order valence-electron chi connectivity index (χ3n) is 2.52. The molecule has 20 heavy (non-hydrogen) atoms. The molecule has 1 aromatic heterocycles. The van der Waals surface area contributed by atoms with Gasteiger partial charge >= 0.3 is 0 Å². The highest BCUT2D eigenvalue weighted by Gasteiger charge is 2.11. The Morgan fingerprint density at radius 1 is 1.35 bits per heavy atom. The maximum atomic E-state index is 11.8. The van der Waals surface area contributed by atoms with Gasteiger partial charge in [0.1, 0.15) is 0 Å². The number of ketones is 1. The van der Waals surface area contributed by atoms with Crippen molar-refractivity contribution in [1.82, 2.24) is 5.32 Å². The van der Waals surface area contributed by atoms with Crippen LogP contribution in [-0.4, -0.2) is 30.9 Å². The van der Waals surface area contributed by atoms with Crippen molar-refractivity contribution >= 4 is 34.6 Å². The summed E-state index contributed by atoms with van der Waals surface area (Å²) in [7, 11) is 0. The number of carbonyl (C=O) groups is 2. The van der Waals surface area contributed by atoms with Crippen molar-refractivity contribution in [3.63, 3.8) is 0 Å². The lowest BCUT2D eigenvalue weighted by Crippen LogP contribution is -2.25. The second-order valence-corrected chi connectivity index (χ2v) is 6.37. The smallest absolute Gasteiger partial charge is 0.220 e. The third kappa shape index (κ3) is 7.03. The number of halogens is 1. The molecule has 112 valence electrons. The van der Waals surface area contributed by atoms with E-state index >= 15 is 0 Å². The van der Waals surface area contributed by atoms with Gasteiger partial charge in [-0.15, -0.1) is 11.3 Å². The van der Waals surface area contributed by atoms with Crippen molar-refractivity contribution in [2.24, 2.45) is 0 Å². The average molecular weight is 318 g/mol. The van der Waals surface area contributed by atoms with Crippen LogP contribution in [0.2, 0.25) is 4.34 Å². The van der Waals surface area contributed by atoms with E-state index in [1.807, 2.05) is 13.8 Å². The zero-order chi connectivity index (χ0) is 15.0. The van der Waals surface area contributed by atoms with Crippen LogP contribution in [-0.2, 0) is 9.53 Å². The predicted octanol–water partition coefficient (Wildman–Crippen LogP) is 3.30. The average Bonchev–Trinajstić information content (AvgIpc) is 2.82. The Kier molecular flexibility index (Phi) is 7.80. The molecule has 0 saturated carbocycles. The van der Waals surface area contributed by atoms with Gasteiger partial charge in [-0.1, -0.05) is 11.6 Å². The fraction of sp³-hybridized carbons (Fsp3) is 0.571. The highest BCUT2D eigenvalue weighted by atomic mass is 35.5. The van der Waals surface area contributed by atoms with Crippen LogP contribution in [0, 0.1) is 0 Å². The van der Waals surface area contributed by atoms with E-state index in [-0.39, 0.29) is 30.6 Å². The van der Waals surface area contributed by atoms with Crippen molar-refractivity contribution in [2.45, 2.75) is 39.2 Å². The maximum absolute atomic E-state index is 11.8. The highest BCUT2D eigenvalue weighted by molar-refractivity contribution is 7.18. The van der Waals surface area contributed by atoms with Gasteiger partial charge in [-0.25, -0.2) is 0 Å². The van der Waals surface area contributed by atoms with E-state index < -0.39 is 0 Å². The minimum atomic E-state index is -0.106. The van der Waals surface area contributed by atoms with Crippen LogP contribution in [0.4, 0.5) is 0 Å². The van der Waals surface area contributed by atoms with E-state index in [1.54, 1.807) is 12.1 Å². The topological polar surface area (TPSA) is 55.4 Å². The number of carbonyl (C=O) groups excluding carboxylic acids is 2. The van der Waals surface area contributed by atoms with Crippen LogP contribution >= 0.6 is 22.9 Å². The summed E-state index contributed by atoms with van der Waals surface area (Å²) < 4.78 is 5.95. The van der Waals surface area contributed by atoms with E-state index in [0.717, 1.165) is 6.42 Å². The van der Waals surface area contributed by atoms with Gasteiger partial charge in [0.05, 0.1) is 15.3 Å². The standard InChI is InChI=1S/C14H20ClNO3S/c1-10(2)19-9-3-8-16-14(18)7-4-11(17)12-5-6-13(15)20-12/h5-6,10H,3-4,7-9H2,1-2H3,(H,16,18). The van der Waals surface area contributed by atoms with Gasteiger partial charge in [-0.3, -0.25) is 9.59 Å². The number of hydrogen-bond acceptors (Lipinski definition) is 4. The summed E-state index contributed by atoms with van der Waals surface area (Å²) in [6.07, 6.45) is 1.41. The van der Waals surface area contributed by atoms with Gasteiger partial charge in [0.25, 0.3) is 0 Å². The fourth-order valence-electron chi connectivity index (χ4n) is 1.52. The van der Waals surface area contributed by atoms with E-state index in [9.17, 15) is 9.59 Å². The number of rotatable bonds is 9. The Hall–Kier alpha value is -0.910. The molecule has 0 unspecified atom stereocenters. The Bertz CT molecular complexity index is 445. The lowest BCUT2D eigenvalue weighted by Gasteiger charge is -2.08. The van der Waals surface area contributed by atoms with Crippen molar-refractivity contribution in [3.8, 4) is 0 Å². The summed E-state index contributed by atoms with van der Waals surface area (Å²) in [5.41, 5.74) is 0. The Balaban J connectivity index is 2.12. The molecule has 6 heteroatoms. The van der Waals surface area contributed by atoms with E-state index in [2.05, 4.69) is 5.32 Å². The number of thiophene rings is 1. The first-order valence-corrected chi connectivity index (χ1v) is 7.85. The van der Waals surface area contributed by atoms with Gasteiger partial charge in [-0.2, -0.15) is 0 Å². The van der Waals surface area contributed by atoms with Gasteiger partial charge in [0.2, 0.25) is 5.91 Å². The summed E-state index contributed by atoms with van der Waals surface area (Å²) in [6, 6.07) is 3.38. The summed E-state index contributed by atoms with van der Waals surface area (Å²) in [4.78, 5) is 23.9. The van der Waals surface area contributed by atoms with Gasteiger partial charge in [0.15, 0.2) is 5.78 Å². The number of nitrogens with one attached hydrogen (secondary N) is 1. The minimum absolute atomic E-state index is 0.0415. The second-order valence-electron chi connectivity index (χ2n) is 4.65. The van der Waals surface area contributed by atoms with Crippen LogP contribution in [0.5, 0.6) is 0 Å². The zero-order valence-electron chi connectivity index (χ0n) is 11.8. The SMILES string of the molecule is CC(C)OCCCNC(=O)CCC(=O)c1ccc(Cl)s1. The highest BCUT2D eigenvalue weighted by Crippen LogP contribution is 2.22. The molecule has 0 aliphatic rings. The molecule has 0 atom stereocenters.